The highest BCUT2D eigenvalue weighted by atomic mass is 16.5. The van der Waals surface area contributed by atoms with Crippen molar-refractivity contribution in [2.75, 3.05) is 13.7 Å². The fourth-order valence-corrected chi connectivity index (χ4v) is 3.42. The quantitative estimate of drug-likeness (QED) is 0.604. The molecule has 26 heavy (non-hydrogen) atoms. The van der Waals surface area contributed by atoms with E-state index in [0.717, 1.165) is 16.7 Å². The van der Waals surface area contributed by atoms with Crippen LogP contribution in [0.5, 0.6) is 5.75 Å². The molecule has 2 atom stereocenters. The lowest BCUT2D eigenvalue weighted by molar-refractivity contribution is -0.151. The van der Waals surface area contributed by atoms with Gasteiger partial charge in [-0.2, -0.15) is 0 Å². The second-order valence-corrected chi connectivity index (χ2v) is 6.25. The molecule has 0 aliphatic heterocycles. The van der Waals surface area contributed by atoms with Crippen LogP contribution in [0.2, 0.25) is 0 Å². The van der Waals surface area contributed by atoms with Gasteiger partial charge < -0.3 is 9.47 Å². The molecule has 3 rings (SSSR count). The van der Waals surface area contributed by atoms with Crippen LogP contribution in [0.3, 0.4) is 0 Å². The Labute approximate surface area is 153 Å². The smallest absolute Gasteiger partial charge is 0.317 e. The van der Waals surface area contributed by atoms with Gasteiger partial charge in [-0.15, -0.1) is 0 Å². The number of ketones is 1. The summed E-state index contributed by atoms with van der Waals surface area (Å²) in [5.74, 6) is -1.07. The van der Waals surface area contributed by atoms with E-state index in [0.29, 0.717) is 12.2 Å². The van der Waals surface area contributed by atoms with Gasteiger partial charge in [0.15, 0.2) is 5.78 Å². The fourth-order valence-electron chi connectivity index (χ4n) is 3.42. The number of benzene rings is 2. The Morgan fingerprint density at radius 1 is 1.12 bits per heavy atom. The summed E-state index contributed by atoms with van der Waals surface area (Å²) in [6, 6.07) is 17.3. The van der Waals surface area contributed by atoms with Crippen LogP contribution in [-0.4, -0.2) is 25.5 Å². The first kappa shape index (κ1) is 17.9. The van der Waals surface area contributed by atoms with E-state index in [1.54, 1.807) is 20.1 Å². The molecule has 1 aliphatic carbocycles. The zero-order valence-electron chi connectivity index (χ0n) is 15.0. The molecule has 1 aliphatic rings. The van der Waals surface area contributed by atoms with Crippen LogP contribution in [0.25, 0.3) is 5.57 Å². The molecular weight excluding hydrogens is 328 g/mol. The van der Waals surface area contributed by atoms with E-state index < -0.39 is 11.9 Å². The molecule has 4 heteroatoms. The van der Waals surface area contributed by atoms with E-state index >= 15 is 0 Å². The third-order valence-electron chi connectivity index (χ3n) is 4.67. The van der Waals surface area contributed by atoms with Gasteiger partial charge in [0.25, 0.3) is 0 Å². The molecule has 0 bridgehead atoms. The molecule has 0 radical (unpaired) electrons. The Morgan fingerprint density at radius 3 is 2.58 bits per heavy atom. The summed E-state index contributed by atoms with van der Waals surface area (Å²) >= 11 is 0. The maximum absolute atomic E-state index is 12.8. The number of carbonyl (C=O) groups excluding carboxylic acids is 2. The molecule has 0 spiro atoms. The monoisotopic (exact) mass is 350 g/mol. The van der Waals surface area contributed by atoms with Crippen LogP contribution in [0, 0.1) is 5.92 Å². The highest BCUT2D eigenvalue weighted by Gasteiger charge is 2.39. The molecule has 2 unspecified atom stereocenters. The Bertz CT molecular complexity index is 823. The van der Waals surface area contributed by atoms with Gasteiger partial charge in [-0.3, -0.25) is 9.59 Å². The third kappa shape index (κ3) is 3.69. The van der Waals surface area contributed by atoms with Gasteiger partial charge in [-0.05, 0) is 48.3 Å². The molecule has 0 heterocycles. The van der Waals surface area contributed by atoms with E-state index in [1.807, 2.05) is 54.6 Å². The third-order valence-corrected chi connectivity index (χ3v) is 4.67. The molecule has 0 saturated carbocycles. The van der Waals surface area contributed by atoms with Crippen LogP contribution in [-0.2, 0) is 14.3 Å². The number of hydrogen-bond donors (Lipinski definition) is 0. The van der Waals surface area contributed by atoms with Gasteiger partial charge >= 0.3 is 5.97 Å². The fraction of sp³-hybridized carbons (Fsp3) is 0.273. The van der Waals surface area contributed by atoms with Crippen molar-refractivity contribution in [2.45, 2.75) is 19.3 Å². The first-order chi connectivity index (χ1) is 12.6. The number of esters is 1. The Kier molecular flexibility index (Phi) is 5.52. The number of hydrogen-bond acceptors (Lipinski definition) is 4. The van der Waals surface area contributed by atoms with Crippen molar-refractivity contribution >= 4 is 17.3 Å². The second-order valence-electron chi connectivity index (χ2n) is 6.25. The van der Waals surface area contributed by atoms with Crippen molar-refractivity contribution in [1.29, 1.82) is 0 Å². The minimum absolute atomic E-state index is 0.207. The van der Waals surface area contributed by atoms with Crippen molar-refractivity contribution in [3.63, 3.8) is 0 Å². The van der Waals surface area contributed by atoms with Crippen molar-refractivity contribution in [3.05, 3.63) is 71.8 Å². The maximum Gasteiger partial charge on any atom is 0.317 e. The lowest BCUT2D eigenvalue weighted by Gasteiger charge is -2.29. The summed E-state index contributed by atoms with van der Waals surface area (Å²) < 4.78 is 10.5. The van der Waals surface area contributed by atoms with Crippen molar-refractivity contribution in [2.24, 2.45) is 5.92 Å². The SMILES string of the molecule is CCOC(=O)C1C(=O)C=C(c2ccccc2)CC1c1cccc(OC)c1. The number of methoxy groups -OCH3 is 1. The topological polar surface area (TPSA) is 52.6 Å². The molecule has 0 aromatic heterocycles. The van der Waals surface area contributed by atoms with Gasteiger partial charge in [-0.1, -0.05) is 42.5 Å². The van der Waals surface area contributed by atoms with Crippen LogP contribution < -0.4 is 4.74 Å². The average Bonchev–Trinajstić information content (AvgIpc) is 2.68. The summed E-state index contributed by atoms with van der Waals surface area (Å²) in [7, 11) is 1.60. The minimum atomic E-state index is -0.825. The van der Waals surface area contributed by atoms with Crippen molar-refractivity contribution < 1.29 is 19.1 Å². The molecule has 0 fully saturated rings. The molecule has 134 valence electrons. The largest absolute Gasteiger partial charge is 0.497 e. The zero-order chi connectivity index (χ0) is 18.5. The summed E-state index contributed by atoms with van der Waals surface area (Å²) in [5, 5.41) is 0. The lowest BCUT2D eigenvalue weighted by Crippen LogP contribution is -2.34. The Morgan fingerprint density at radius 2 is 1.88 bits per heavy atom. The number of allylic oxidation sites excluding steroid dienone is 2. The molecule has 0 N–H and O–H groups in total. The first-order valence-corrected chi connectivity index (χ1v) is 8.74. The van der Waals surface area contributed by atoms with Gasteiger partial charge in [0.05, 0.1) is 13.7 Å². The van der Waals surface area contributed by atoms with E-state index in [9.17, 15) is 9.59 Å². The highest BCUT2D eigenvalue weighted by molar-refractivity contribution is 6.10. The van der Waals surface area contributed by atoms with E-state index in [-0.39, 0.29) is 18.3 Å². The van der Waals surface area contributed by atoms with Gasteiger partial charge in [0.2, 0.25) is 0 Å². The molecule has 4 nitrogen and oxygen atoms in total. The van der Waals surface area contributed by atoms with Crippen molar-refractivity contribution in [1.82, 2.24) is 0 Å². The standard InChI is InChI=1S/C22H22O4/c1-3-26-22(24)21-19(16-10-7-11-18(12-16)25-2)13-17(14-20(21)23)15-8-5-4-6-9-15/h4-12,14,19,21H,3,13H2,1-2H3. The number of carbonyl (C=O) groups is 2. The van der Waals surface area contributed by atoms with Crippen LogP contribution >= 0.6 is 0 Å². The zero-order valence-corrected chi connectivity index (χ0v) is 15.0. The summed E-state index contributed by atoms with van der Waals surface area (Å²) in [4.78, 5) is 25.3. The number of ether oxygens (including phenoxy) is 2. The Balaban J connectivity index is 2.03. The number of rotatable bonds is 5. The first-order valence-electron chi connectivity index (χ1n) is 8.74. The van der Waals surface area contributed by atoms with Gasteiger partial charge in [-0.25, -0.2) is 0 Å². The molecular formula is C22H22O4. The average molecular weight is 350 g/mol. The minimum Gasteiger partial charge on any atom is -0.497 e. The van der Waals surface area contributed by atoms with Gasteiger partial charge in [0, 0.05) is 5.92 Å². The molecule has 0 saturated heterocycles. The Hall–Kier alpha value is -2.88. The molecule has 2 aromatic rings. The van der Waals surface area contributed by atoms with E-state index in [2.05, 4.69) is 0 Å². The molecule has 0 amide bonds. The predicted molar refractivity (Wildman–Crippen MR) is 99.9 cm³/mol. The van der Waals surface area contributed by atoms with Crippen LogP contribution in [0.1, 0.15) is 30.4 Å². The summed E-state index contributed by atoms with van der Waals surface area (Å²) in [6.07, 6.45) is 2.18. The normalized spacial score (nSPS) is 19.6. The second kappa shape index (κ2) is 8.00. The van der Waals surface area contributed by atoms with Crippen molar-refractivity contribution in [3.8, 4) is 5.75 Å². The van der Waals surface area contributed by atoms with Crippen LogP contribution in [0.4, 0.5) is 0 Å². The maximum atomic E-state index is 12.8. The van der Waals surface area contributed by atoms with E-state index in [4.69, 9.17) is 9.47 Å². The van der Waals surface area contributed by atoms with Crippen LogP contribution in [0.15, 0.2) is 60.7 Å². The summed E-state index contributed by atoms with van der Waals surface area (Å²) in [5.41, 5.74) is 2.83. The molecule has 2 aromatic carbocycles. The lowest BCUT2D eigenvalue weighted by atomic mass is 9.73. The summed E-state index contributed by atoms with van der Waals surface area (Å²) in [6.45, 7) is 2.00. The predicted octanol–water partition coefficient (Wildman–Crippen LogP) is 4.01. The highest BCUT2D eigenvalue weighted by Crippen LogP contribution is 2.41. The van der Waals surface area contributed by atoms with E-state index in [1.165, 1.54) is 0 Å². The van der Waals surface area contributed by atoms with Gasteiger partial charge in [0.1, 0.15) is 11.7 Å².